The standard InChI is InChI=1S/C17H28N2/c1-4-8-17-12-18-16(13-19(17)14(2)3)11-15-9-6-5-7-10-15/h5-7,9-10,14,16-18H,4,8,11-13H2,1-3H3. The molecule has 1 aliphatic heterocycles. The van der Waals surface area contributed by atoms with Crippen molar-refractivity contribution in [2.45, 2.75) is 58.2 Å². The number of nitrogens with one attached hydrogen (secondary N) is 1. The van der Waals surface area contributed by atoms with Crippen LogP contribution in [0.4, 0.5) is 0 Å². The zero-order chi connectivity index (χ0) is 13.7. The molecular formula is C17H28N2. The van der Waals surface area contributed by atoms with Gasteiger partial charge in [-0.2, -0.15) is 0 Å². The van der Waals surface area contributed by atoms with Gasteiger partial charge in [-0.05, 0) is 32.3 Å². The quantitative estimate of drug-likeness (QED) is 0.875. The average Bonchev–Trinajstić information content (AvgIpc) is 2.42. The van der Waals surface area contributed by atoms with Crippen molar-refractivity contribution in [3.8, 4) is 0 Å². The summed E-state index contributed by atoms with van der Waals surface area (Å²) in [7, 11) is 0. The SMILES string of the molecule is CCCC1CNC(Cc2ccccc2)CN1C(C)C. The first-order valence-electron chi connectivity index (χ1n) is 7.73. The van der Waals surface area contributed by atoms with E-state index in [-0.39, 0.29) is 0 Å². The predicted octanol–water partition coefficient (Wildman–Crippen LogP) is 3.08. The van der Waals surface area contributed by atoms with Crippen molar-refractivity contribution in [1.29, 1.82) is 0 Å². The zero-order valence-corrected chi connectivity index (χ0v) is 12.6. The number of hydrogen-bond donors (Lipinski definition) is 1. The molecule has 0 amide bonds. The maximum absolute atomic E-state index is 3.75. The van der Waals surface area contributed by atoms with Crippen LogP contribution in [0, 0.1) is 0 Å². The molecule has 0 bridgehead atoms. The Morgan fingerprint density at radius 2 is 2.00 bits per heavy atom. The first-order valence-corrected chi connectivity index (χ1v) is 7.73. The van der Waals surface area contributed by atoms with E-state index in [4.69, 9.17) is 0 Å². The Kier molecular flexibility index (Phi) is 5.41. The van der Waals surface area contributed by atoms with Gasteiger partial charge in [0.25, 0.3) is 0 Å². The third-order valence-corrected chi connectivity index (χ3v) is 4.15. The Morgan fingerprint density at radius 3 is 2.63 bits per heavy atom. The van der Waals surface area contributed by atoms with Gasteiger partial charge < -0.3 is 5.32 Å². The topological polar surface area (TPSA) is 15.3 Å². The summed E-state index contributed by atoms with van der Waals surface area (Å²) in [5.74, 6) is 0. The lowest BCUT2D eigenvalue weighted by Gasteiger charge is -2.43. The van der Waals surface area contributed by atoms with Crippen molar-refractivity contribution in [2.24, 2.45) is 0 Å². The molecule has 0 radical (unpaired) electrons. The lowest BCUT2D eigenvalue weighted by atomic mass is 9.98. The molecule has 0 saturated carbocycles. The molecule has 2 heteroatoms. The van der Waals surface area contributed by atoms with Gasteiger partial charge in [0.15, 0.2) is 0 Å². The van der Waals surface area contributed by atoms with Gasteiger partial charge in [-0.15, -0.1) is 0 Å². The molecule has 19 heavy (non-hydrogen) atoms. The minimum Gasteiger partial charge on any atom is -0.311 e. The molecule has 2 atom stereocenters. The van der Waals surface area contributed by atoms with E-state index in [1.165, 1.54) is 24.9 Å². The van der Waals surface area contributed by atoms with Crippen molar-refractivity contribution in [3.05, 3.63) is 35.9 Å². The van der Waals surface area contributed by atoms with Crippen LogP contribution in [0.15, 0.2) is 30.3 Å². The van der Waals surface area contributed by atoms with E-state index < -0.39 is 0 Å². The molecule has 1 fully saturated rings. The van der Waals surface area contributed by atoms with Crippen molar-refractivity contribution in [3.63, 3.8) is 0 Å². The first-order chi connectivity index (χ1) is 9.20. The highest BCUT2D eigenvalue weighted by Gasteiger charge is 2.28. The van der Waals surface area contributed by atoms with Gasteiger partial charge >= 0.3 is 0 Å². The molecule has 1 aliphatic rings. The van der Waals surface area contributed by atoms with Crippen molar-refractivity contribution < 1.29 is 0 Å². The monoisotopic (exact) mass is 260 g/mol. The molecule has 1 aromatic carbocycles. The van der Waals surface area contributed by atoms with E-state index >= 15 is 0 Å². The molecule has 2 nitrogen and oxygen atoms in total. The van der Waals surface area contributed by atoms with Gasteiger partial charge in [-0.3, -0.25) is 4.90 Å². The Labute approximate surface area is 118 Å². The highest BCUT2D eigenvalue weighted by molar-refractivity contribution is 5.16. The minimum absolute atomic E-state index is 0.595. The molecule has 2 unspecified atom stereocenters. The fourth-order valence-corrected chi connectivity index (χ4v) is 3.16. The van der Waals surface area contributed by atoms with Crippen molar-refractivity contribution >= 4 is 0 Å². The van der Waals surface area contributed by atoms with Crippen molar-refractivity contribution in [1.82, 2.24) is 10.2 Å². The number of piperazine rings is 1. The minimum atomic E-state index is 0.595. The fourth-order valence-electron chi connectivity index (χ4n) is 3.16. The largest absolute Gasteiger partial charge is 0.311 e. The molecule has 2 rings (SSSR count). The third-order valence-electron chi connectivity index (χ3n) is 4.15. The lowest BCUT2D eigenvalue weighted by molar-refractivity contribution is 0.0906. The molecule has 1 aromatic rings. The van der Waals surface area contributed by atoms with E-state index in [9.17, 15) is 0 Å². The van der Waals surface area contributed by atoms with Crippen LogP contribution in [0.1, 0.15) is 39.2 Å². The number of rotatable bonds is 5. The summed E-state index contributed by atoms with van der Waals surface area (Å²) in [6, 6.07) is 12.8. The second-order valence-corrected chi connectivity index (χ2v) is 6.03. The molecular weight excluding hydrogens is 232 g/mol. The highest BCUT2D eigenvalue weighted by Crippen LogP contribution is 2.17. The fraction of sp³-hybridized carbons (Fsp3) is 0.647. The summed E-state index contributed by atoms with van der Waals surface area (Å²) in [6.45, 7) is 9.26. The van der Waals surface area contributed by atoms with Crippen LogP contribution < -0.4 is 5.32 Å². The van der Waals surface area contributed by atoms with Gasteiger partial charge in [0.2, 0.25) is 0 Å². The van der Waals surface area contributed by atoms with Crippen LogP contribution in [0.3, 0.4) is 0 Å². The number of nitrogens with zero attached hydrogens (tertiary/aromatic N) is 1. The smallest absolute Gasteiger partial charge is 0.0236 e. The summed E-state index contributed by atoms with van der Waals surface area (Å²) in [5.41, 5.74) is 1.44. The summed E-state index contributed by atoms with van der Waals surface area (Å²) in [4.78, 5) is 2.69. The number of hydrogen-bond acceptors (Lipinski definition) is 2. The average molecular weight is 260 g/mol. The molecule has 1 heterocycles. The van der Waals surface area contributed by atoms with Crippen LogP contribution in [0.2, 0.25) is 0 Å². The maximum Gasteiger partial charge on any atom is 0.0236 e. The Hall–Kier alpha value is -0.860. The van der Waals surface area contributed by atoms with Gasteiger partial charge in [0.05, 0.1) is 0 Å². The Balaban J connectivity index is 1.95. The molecule has 0 aliphatic carbocycles. The Bertz CT molecular complexity index is 361. The summed E-state index contributed by atoms with van der Waals surface area (Å²) in [5, 5.41) is 3.75. The van der Waals surface area contributed by atoms with E-state index in [1.807, 2.05) is 0 Å². The van der Waals surface area contributed by atoms with Crippen LogP contribution in [-0.4, -0.2) is 36.1 Å². The summed E-state index contributed by atoms with van der Waals surface area (Å²) >= 11 is 0. The molecule has 1 N–H and O–H groups in total. The number of benzene rings is 1. The van der Waals surface area contributed by atoms with Crippen molar-refractivity contribution in [2.75, 3.05) is 13.1 Å². The van der Waals surface area contributed by atoms with Gasteiger partial charge in [0.1, 0.15) is 0 Å². The lowest BCUT2D eigenvalue weighted by Crippen LogP contribution is -2.58. The highest BCUT2D eigenvalue weighted by atomic mass is 15.2. The zero-order valence-electron chi connectivity index (χ0n) is 12.6. The first kappa shape index (κ1) is 14.5. The molecule has 106 valence electrons. The second-order valence-electron chi connectivity index (χ2n) is 6.03. The summed E-state index contributed by atoms with van der Waals surface area (Å²) < 4.78 is 0. The van der Waals surface area contributed by atoms with E-state index in [0.717, 1.165) is 19.0 Å². The predicted molar refractivity (Wildman–Crippen MR) is 82.5 cm³/mol. The third kappa shape index (κ3) is 4.05. The summed E-state index contributed by atoms with van der Waals surface area (Å²) in [6.07, 6.45) is 3.73. The van der Waals surface area contributed by atoms with Crippen LogP contribution in [0.5, 0.6) is 0 Å². The maximum atomic E-state index is 3.75. The van der Waals surface area contributed by atoms with Crippen LogP contribution >= 0.6 is 0 Å². The van der Waals surface area contributed by atoms with E-state index in [2.05, 4.69) is 61.3 Å². The Morgan fingerprint density at radius 1 is 1.26 bits per heavy atom. The molecule has 0 aromatic heterocycles. The van der Waals surface area contributed by atoms with Gasteiger partial charge in [0, 0.05) is 31.2 Å². The van der Waals surface area contributed by atoms with Crippen LogP contribution in [0.25, 0.3) is 0 Å². The van der Waals surface area contributed by atoms with Gasteiger partial charge in [-0.1, -0.05) is 43.7 Å². The van der Waals surface area contributed by atoms with E-state index in [0.29, 0.717) is 12.1 Å². The normalized spacial score (nSPS) is 24.8. The second kappa shape index (κ2) is 7.06. The molecule has 0 spiro atoms. The van der Waals surface area contributed by atoms with Gasteiger partial charge in [-0.25, -0.2) is 0 Å². The van der Waals surface area contributed by atoms with E-state index in [1.54, 1.807) is 0 Å². The van der Waals surface area contributed by atoms with Crippen LogP contribution in [-0.2, 0) is 6.42 Å². The molecule has 1 saturated heterocycles.